The van der Waals surface area contributed by atoms with Crippen LogP contribution in [0.25, 0.3) is 11.0 Å². The second kappa shape index (κ2) is 7.32. The molecule has 0 amide bonds. The fourth-order valence-electron chi connectivity index (χ4n) is 2.67. The third kappa shape index (κ3) is 3.73. The van der Waals surface area contributed by atoms with Gasteiger partial charge in [-0.1, -0.05) is 24.3 Å². The predicted octanol–water partition coefficient (Wildman–Crippen LogP) is 3.85. The molecule has 0 aliphatic rings. The first-order chi connectivity index (χ1) is 13.6. The fourth-order valence-corrected chi connectivity index (χ4v) is 2.67. The molecule has 138 valence electrons. The number of ether oxygens (including phenoxy) is 1. The van der Waals surface area contributed by atoms with Crippen molar-refractivity contribution in [1.82, 2.24) is 9.97 Å². The largest absolute Gasteiger partial charge is 0.423 e. The highest BCUT2D eigenvalue weighted by Gasteiger charge is 2.16. The summed E-state index contributed by atoms with van der Waals surface area (Å²) >= 11 is 0. The van der Waals surface area contributed by atoms with Gasteiger partial charge in [0.15, 0.2) is 0 Å². The monoisotopic (exact) mass is 373 g/mol. The summed E-state index contributed by atoms with van der Waals surface area (Å²) in [5, 5.41) is 3.75. The average Bonchev–Trinajstić information content (AvgIpc) is 2.67. The summed E-state index contributed by atoms with van der Waals surface area (Å²) in [6.07, 6.45) is 1.46. The van der Waals surface area contributed by atoms with Crippen LogP contribution in [0, 0.1) is 6.92 Å². The number of para-hydroxylation sites is 1. The normalized spacial score (nSPS) is 10.6. The Labute approximate surface area is 159 Å². The first-order valence-corrected chi connectivity index (χ1v) is 8.49. The maximum absolute atomic E-state index is 12.5. The number of aryl methyl sites for hydroxylation is 1. The molecule has 0 radical (unpaired) electrons. The number of nitrogens with zero attached hydrogens (tertiary/aromatic N) is 2. The first-order valence-electron chi connectivity index (χ1n) is 8.49. The van der Waals surface area contributed by atoms with Crippen LogP contribution in [0.1, 0.15) is 16.1 Å². The first kappa shape index (κ1) is 17.4. The zero-order valence-corrected chi connectivity index (χ0v) is 14.9. The second-order valence-electron chi connectivity index (χ2n) is 6.07. The van der Waals surface area contributed by atoms with E-state index in [2.05, 4.69) is 15.3 Å². The summed E-state index contributed by atoms with van der Waals surface area (Å²) in [4.78, 5) is 32.8. The van der Waals surface area contributed by atoms with Crippen LogP contribution in [0.2, 0.25) is 0 Å². The minimum absolute atomic E-state index is 0.163. The molecule has 0 bridgehead atoms. The second-order valence-corrected chi connectivity index (χ2v) is 6.07. The molecule has 0 spiro atoms. The number of hydrogen-bond donors (Lipinski definition) is 1. The van der Waals surface area contributed by atoms with E-state index in [-0.39, 0.29) is 11.3 Å². The van der Waals surface area contributed by atoms with Gasteiger partial charge in [-0.3, -0.25) is 0 Å². The molecule has 7 nitrogen and oxygen atoms in total. The highest BCUT2D eigenvalue weighted by atomic mass is 16.5. The topological polar surface area (TPSA) is 94.3 Å². The quantitative estimate of drug-likeness (QED) is 0.330. The van der Waals surface area contributed by atoms with Gasteiger partial charge in [0, 0.05) is 28.9 Å². The van der Waals surface area contributed by atoms with Gasteiger partial charge in [-0.2, -0.15) is 0 Å². The third-order valence-corrected chi connectivity index (χ3v) is 3.98. The van der Waals surface area contributed by atoms with E-state index >= 15 is 0 Å². The molecular weight excluding hydrogens is 358 g/mol. The molecule has 0 aliphatic carbocycles. The zero-order chi connectivity index (χ0) is 19.5. The van der Waals surface area contributed by atoms with E-state index in [0.29, 0.717) is 22.5 Å². The lowest BCUT2D eigenvalue weighted by Gasteiger charge is -2.08. The number of esters is 1. The van der Waals surface area contributed by atoms with Crippen LogP contribution in [0.4, 0.5) is 11.5 Å². The summed E-state index contributed by atoms with van der Waals surface area (Å²) in [5.74, 6) is 0.119. The summed E-state index contributed by atoms with van der Waals surface area (Å²) < 4.78 is 10.5. The minimum Gasteiger partial charge on any atom is -0.423 e. The average molecular weight is 373 g/mol. The standard InChI is InChI=1S/C21H15N3O4/c1-13-9-19(23-12-22-13)24-15-6-4-7-16(11-15)27-20(25)17-10-14-5-2-3-8-18(14)28-21(17)26/h2-12H,1H3,(H,22,23,24). The molecule has 0 saturated carbocycles. The van der Waals surface area contributed by atoms with Crippen LogP contribution in [0.15, 0.2) is 76.2 Å². The van der Waals surface area contributed by atoms with Crippen molar-refractivity contribution in [2.24, 2.45) is 0 Å². The Morgan fingerprint density at radius 3 is 2.75 bits per heavy atom. The summed E-state index contributed by atoms with van der Waals surface area (Å²) in [6, 6.07) is 17.0. The third-order valence-electron chi connectivity index (χ3n) is 3.98. The van der Waals surface area contributed by atoms with Crippen molar-refractivity contribution < 1.29 is 13.9 Å². The molecule has 2 aromatic carbocycles. The number of carbonyl (C=O) groups excluding carboxylic acids is 1. The van der Waals surface area contributed by atoms with Gasteiger partial charge in [0.25, 0.3) is 0 Å². The SMILES string of the molecule is Cc1cc(Nc2cccc(OC(=O)c3cc4ccccc4oc3=O)c2)ncn1. The Hall–Kier alpha value is -4.00. The van der Waals surface area contributed by atoms with E-state index < -0.39 is 11.6 Å². The molecule has 0 unspecified atom stereocenters. The Morgan fingerprint density at radius 2 is 1.89 bits per heavy atom. The minimum atomic E-state index is -0.783. The van der Waals surface area contributed by atoms with Gasteiger partial charge in [-0.15, -0.1) is 0 Å². The van der Waals surface area contributed by atoms with E-state index in [9.17, 15) is 9.59 Å². The molecule has 7 heteroatoms. The van der Waals surface area contributed by atoms with E-state index in [4.69, 9.17) is 9.15 Å². The number of anilines is 2. The van der Waals surface area contributed by atoms with Crippen LogP contribution in [-0.4, -0.2) is 15.9 Å². The lowest BCUT2D eigenvalue weighted by atomic mass is 10.2. The van der Waals surface area contributed by atoms with Crippen molar-refractivity contribution in [2.75, 3.05) is 5.32 Å². The lowest BCUT2D eigenvalue weighted by Crippen LogP contribution is -2.18. The molecule has 28 heavy (non-hydrogen) atoms. The van der Waals surface area contributed by atoms with Crippen LogP contribution in [0.5, 0.6) is 5.75 Å². The van der Waals surface area contributed by atoms with Gasteiger partial charge >= 0.3 is 11.6 Å². The summed E-state index contributed by atoms with van der Waals surface area (Å²) in [6.45, 7) is 1.86. The summed E-state index contributed by atoms with van der Waals surface area (Å²) in [7, 11) is 0. The van der Waals surface area contributed by atoms with Crippen molar-refractivity contribution in [2.45, 2.75) is 6.92 Å². The van der Waals surface area contributed by atoms with E-state index in [1.54, 1.807) is 54.6 Å². The van der Waals surface area contributed by atoms with Gasteiger partial charge in [0.1, 0.15) is 29.0 Å². The van der Waals surface area contributed by atoms with Crippen molar-refractivity contribution in [1.29, 1.82) is 0 Å². The number of hydrogen-bond acceptors (Lipinski definition) is 7. The van der Waals surface area contributed by atoms with E-state index in [1.165, 1.54) is 12.4 Å². The van der Waals surface area contributed by atoms with Gasteiger partial charge in [-0.25, -0.2) is 19.6 Å². The fraction of sp³-hybridized carbons (Fsp3) is 0.0476. The molecule has 2 aromatic heterocycles. The summed E-state index contributed by atoms with van der Waals surface area (Å²) in [5.41, 5.74) is 1.00. The van der Waals surface area contributed by atoms with Crippen LogP contribution in [0.3, 0.4) is 0 Å². The number of aromatic nitrogens is 2. The molecule has 0 aliphatic heterocycles. The highest BCUT2D eigenvalue weighted by molar-refractivity contribution is 5.94. The van der Waals surface area contributed by atoms with Crippen LogP contribution < -0.4 is 15.7 Å². The van der Waals surface area contributed by atoms with Gasteiger partial charge in [0.2, 0.25) is 0 Å². The maximum atomic E-state index is 12.5. The number of nitrogens with one attached hydrogen (secondary N) is 1. The Morgan fingerprint density at radius 1 is 1.04 bits per heavy atom. The number of carbonyl (C=O) groups is 1. The molecule has 2 heterocycles. The van der Waals surface area contributed by atoms with Gasteiger partial charge in [-0.05, 0) is 31.2 Å². The van der Waals surface area contributed by atoms with Gasteiger partial charge in [0.05, 0.1) is 0 Å². The Kier molecular flexibility index (Phi) is 4.55. The van der Waals surface area contributed by atoms with Crippen molar-refractivity contribution in [3.8, 4) is 5.75 Å². The molecule has 0 atom stereocenters. The van der Waals surface area contributed by atoms with E-state index in [0.717, 1.165) is 5.69 Å². The number of rotatable bonds is 4. The maximum Gasteiger partial charge on any atom is 0.351 e. The Balaban J connectivity index is 1.57. The van der Waals surface area contributed by atoms with Crippen LogP contribution >= 0.6 is 0 Å². The van der Waals surface area contributed by atoms with E-state index in [1.807, 2.05) is 6.92 Å². The molecule has 1 N–H and O–H groups in total. The number of benzene rings is 2. The van der Waals surface area contributed by atoms with Crippen molar-refractivity contribution in [3.63, 3.8) is 0 Å². The van der Waals surface area contributed by atoms with Crippen molar-refractivity contribution >= 4 is 28.4 Å². The van der Waals surface area contributed by atoms with Crippen molar-refractivity contribution in [3.05, 3.63) is 88.7 Å². The molecule has 4 aromatic rings. The lowest BCUT2D eigenvalue weighted by molar-refractivity contribution is 0.0730. The molecular formula is C21H15N3O4. The molecule has 0 saturated heterocycles. The van der Waals surface area contributed by atoms with Crippen LogP contribution in [-0.2, 0) is 0 Å². The smallest absolute Gasteiger partial charge is 0.351 e. The highest BCUT2D eigenvalue weighted by Crippen LogP contribution is 2.22. The zero-order valence-electron chi connectivity index (χ0n) is 14.9. The van der Waals surface area contributed by atoms with Gasteiger partial charge < -0.3 is 14.5 Å². The molecule has 4 rings (SSSR count). The molecule has 0 fully saturated rings. The Bertz CT molecular complexity index is 1230. The number of fused-ring (bicyclic) bond motifs is 1. The predicted molar refractivity (Wildman–Crippen MR) is 104 cm³/mol.